The molecule has 0 unspecified atom stereocenters. The third kappa shape index (κ3) is 2.96. The highest BCUT2D eigenvalue weighted by Crippen LogP contribution is 2.30. The van der Waals surface area contributed by atoms with Crippen LogP contribution < -0.4 is 5.32 Å². The Morgan fingerprint density at radius 1 is 1.15 bits per heavy atom. The predicted molar refractivity (Wildman–Crippen MR) is 87.7 cm³/mol. The van der Waals surface area contributed by atoms with Crippen molar-refractivity contribution in [3.63, 3.8) is 0 Å². The van der Waals surface area contributed by atoms with E-state index in [9.17, 15) is 4.79 Å². The zero-order chi connectivity index (χ0) is 13.9. The average Bonchev–Trinajstić information content (AvgIpc) is 2.73. The van der Waals surface area contributed by atoms with Crippen molar-refractivity contribution >= 4 is 38.9 Å². The second kappa shape index (κ2) is 6.10. The summed E-state index contributed by atoms with van der Waals surface area (Å²) < 4.78 is 0.909. The Morgan fingerprint density at radius 3 is 2.80 bits per heavy atom. The molecular formula is C16H16BrNOS. The molecule has 0 saturated heterocycles. The van der Waals surface area contributed by atoms with Gasteiger partial charge in [-0.2, -0.15) is 0 Å². The first kappa shape index (κ1) is 13.8. The molecule has 3 rings (SSSR count). The largest absolute Gasteiger partial charge is 0.320 e. The molecule has 1 heterocycles. The summed E-state index contributed by atoms with van der Waals surface area (Å²) in [6.45, 7) is 0. The van der Waals surface area contributed by atoms with Crippen LogP contribution in [0.1, 0.15) is 39.4 Å². The highest BCUT2D eigenvalue weighted by molar-refractivity contribution is 9.10. The van der Waals surface area contributed by atoms with Crippen LogP contribution in [0.3, 0.4) is 0 Å². The van der Waals surface area contributed by atoms with Crippen LogP contribution in [0, 0.1) is 0 Å². The number of benzene rings is 1. The van der Waals surface area contributed by atoms with Crippen molar-refractivity contribution in [2.24, 2.45) is 0 Å². The number of hydrogen-bond acceptors (Lipinski definition) is 2. The lowest BCUT2D eigenvalue weighted by atomic mass is 10.1. The molecule has 104 valence electrons. The van der Waals surface area contributed by atoms with E-state index in [-0.39, 0.29) is 5.91 Å². The van der Waals surface area contributed by atoms with Gasteiger partial charge in [0.15, 0.2) is 0 Å². The van der Waals surface area contributed by atoms with E-state index < -0.39 is 0 Å². The fourth-order valence-electron chi connectivity index (χ4n) is 2.53. The molecule has 1 aliphatic carbocycles. The van der Waals surface area contributed by atoms with E-state index in [2.05, 4.69) is 27.3 Å². The van der Waals surface area contributed by atoms with Crippen LogP contribution in [-0.2, 0) is 12.8 Å². The molecule has 0 saturated carbocycles. The molecule has 0 fully saturated rings. The van der Waals surface area contributed by atoms with E-state index in [4.69, 9.17) is 0 Å². The Balaban J connectivity index is 1.79. The molecule has 4 heteroatoms. The van der Waals surface area contributed by atoms with Gasteiger partial charge in [0, 0.05) is 9.35 Å². The lowest BCUT2D eigenvalue weighted by molar-refractivity contribution is 0.103. The molecule has 0 bridgehead atoms. The number of para-hydroxylation sites is 1. The van der Waals surface area contributed by atoms with Gasteiger partial charge in [-0.1, -0.05) is 18.6 Å². The maximum atomic E-state index is 12.3. The summed E-state index contributed by atoms with van der Waals surface area (Å²) in [5, 5.41) is 2.98. The first-order valence-corrected chi connectivity index (χ1v) is 8.52. The van der Waals surface area contributed by atoms with Crippen molar-refractivity contribution in [1.82, 2.24) is 0 Å². The van der Waals surface area contributed by atoms with Gasteiger partial charge < -0.3 is 5.32 Å². The highest BCUT2D eigenvalue weighted by atomic mass is 79.9. The Morgan fingerprint density at radius 2 is 1.95 bits per heavy atom. The quantitative estimate of drug-likeness (QED) is 0.756. The second-order valence-electron chi connectivity index (χ2n) is 5.05. The molecule has 1 aromatic heterocycles. The summed E-state index contributed by atoms with van der Waals surface area (Å²) in [4.78, 5) is 14.6. The van der Waals surface area contributed by atoms with Crippen LogP contribution in [0.25, 0.3) is 0 Å². The number of amides is 1. The van der Waals surface area contributed by atoms with Crippen molar-refractivity contribution < 1.29 is 4.79 Å². The number of aryl methyl sites for hydroxylation is 2. The molecule has 1 aromatic carbocycles. The minimum absolute atomic E-state index is 0.00465. The number of carbonyl (C=O) groups excluding carboxylic acids is 1. The minimum Gasteiger partial charge on any atom is -0.320 e. The molecule has 0 aliphatic heterocycles. The van der Waals surface area contributed by atoms with Gasteiger partial charge in [-0.15, -0.1) is 11.3 Å². The van der Waals surface area contributed by atoms with E-state index in [1.165, 1.54) is 29.7 Å². The number of nitrogens with one attached hydrogen (secondary N) is 1. The predicted octanol–water partition coefficient (Wildman–Crippen LogP) is 5.03. The summed E-state index contributed by atoms with van der Waals surface area (Å²) in [5.41, 5.74) is 2.20. The summed E-state index contributed by atoms with van der Waals surface area (Å²) in [6, 6.07) is 9.77. The third-order valence-corrected chi connectivity index (χ3v) is 5.52. The molecule has 20 heavy (non-hydrogen) atoms. The standard InChI is InChI=1S/C16H16BrNOS/c17-12-7-4-5-8-13(12)18-16(19)15-10-11-6-2-1-3-9-14(11)20-15/h4-5,7-8,10H,1-3,6,9H2,(H,18,19). The van der Waals surface area contributed by atoms with Crippen molar-refractivity contribution in [3.8, 4) is 0 Å². The van der Waals surface area contributed by atoms with Gasteiger partial charge in [0.2, 0.25) is 0 Å². The lowest BCUT2D eigenvalue weighted by Gasteiger charge is -2.05. The average molecular weight is 350 g/mol. The molecule has 0 spiro atoms. The summed E-state index contributed by atoms with van der Waals surface area (Å²) in [6.07, 6.45) is 6.05. The SMILES string of the molecule is O=C(Nc1ccccc1Br)c1cc2c(s1)CCCCC2. The minimum atomic E-state index is -0.00465. The fraction of sp³-hybridized carbons (Fsp3) is 0.312. The van der Waals surface area contributed by atoms with Gasteiger partial charge in [0.1, 0.15) is 0 Å². The van der Waals surface area contributed by atoms with Crippen LogP contribution in [0.5, 0.6) is 0 Å². The number of thiophene rings is 1. The number of rotatable bonds is 2. The van der Waals surface area contributed by atoms with E-state index in [1.54, 1.807) is 11.3 Å². The van der Waals surface area contributed by atoms with Gasteiger partial charge in [0.25, 0.3) is 5.91 Å². The van der Waals surface area contributed by atoms with Crippen molar-refractivity contribution in [2.45, 2.75) is 32.1 Å². The summed E-state index contributed by atoms with van der Waals surface area (Å²) >= 11 is 5.11. The number of halogens is 1. The molecular weight excluding hydrogens is 334 g/mol. The number of anilines is 1. The first-order chi connectivity index (χ1) is 9.74. The fourth-order valence-corrected chi connectivity index (χ4v) is 4.06. The van der Waals surface area contributed by atoms with Crippen LogP contribution in [0.2, 0.25) is 0 Å². The molecule has 1 amide bonds. The lowest BCUT2D eigenvalue weighted by Crippen LogP contribution is -2.10. The van der Waals surface area contributed by atoms with Gasteiger partial charge in [-0.3, -0.25) is 4.79 Å². The number of hydrogen-bond donors (Lipinski definition) is 1. The van der Waals surface area contributed by atoms with Gasteiger partial charge >= 0.3 is 0 Å². The zero-order valence-corrected chi connectivity index (χ0v) is 13.5. The van der Waals surface area contributed by atoms with Crippen LogP contribution in [0.15, 0.2) is 34.8 Å². The van der Waals surface area contributed by atoms with Crippen LogP contribution in [-0.4, -0.2) is 5.91 Å². The van der Waals surface area contributed by atoms with Gasteiger partial charge in [-0.05, 0) is 65.4 Å². The van der Waals surface area contributed by atoms with E-state index in [0.717, 1.165) is 27.9 Å². The van der Waals surface area contributed by atoms with Crippen molar-refractivity contribution in [1.29, 1.82) is 0 Å². The zero-order valence-electron chi connectivity index (χ0n) is 11.1. The second-order valence-corrected chi connectivity index (χ2v) is 7.04. The Labute approximate surface area is 131 Å². The smallest absolute Gasteiger partial charge is 0.265 e. The molecule has 1 N–H and O–H groups in total. The normalized spacial score (nSPS) is 14.4. The van der Waals surface area contributed by atoms with E-state index >= 15 is 0 Å². The van der Waals surface area contributed by atoms with Crippen LogP contribution in [0.4, 0.5) is 5.69 Å². The molecule has 2 aromatic rings. The molecule has 0 radical (unpaired) electrons. The monoisotopic (exact) mass is 349 g/mol. The maximum absolute atomic E-state index is 12.3. The Kier molecular flexibility index (Phi) is 4.22. The third-order valence-electron chi connectivity index (χ3n) is 3.59. The summed E-state index contributed by atoms with van der Waals surface area (Å²) in [5.74, 6) is -0.00465. The summed E-state index contributed by atoms with van der Waals surface area (Å²) in [7, 11) is 0. The Hall–Kier alpha value is -1.13. The maximum Gasteiger partial charge on any atom is 0.265 e. The first-order valence-electron chi connectivity index (χ1n) is 6.91. The molecule has 2 nitrogen and oxygen atoms in total. The molecule has 1 aliphatic rings. The van der Waals surface area contributed by atoms with Crippen LogP contribution >= 0.6 is 27.3 Å². The van der Waals surface area contributed by atoms with Crippen molar-refractivity contribution in [3.05, 3.63) is 50.1 Å². The number of carbonyl (C=O) groups is 1. The molecule has 0 atom stereocenters. The van der Waals surface area contributed by atoms with E-state index in [1.807, 2.05) is 24.3 Å². The van der Waals surface area contributed by atoms with E-state index in [0.29, 0.717) is 0 Å². The van der Waals surface area contributed by atoms with Crippen molar-refractivity contribution in [2.75, 3.05) is 5.32 Å². The number of fused-ring (bicyclic) bond motifs is 1. The highest BCUT2D eigenvalue weighted by Gasteiger charge is 2.16. The Bertz CT molecular complexity index is 612. The van der Waals surface area contributed by atoms with Gasteiger partial charge in [-0.25, -0.2) is 0 Å². The topological polar surface area (TPSA) is 29.1 Å². The van der Waals surface area contributed by atoms with Gasteiger partial charge in [0.05, 0.1) is 10.6 Å².